The summed E-state index contributed by atoms with van der Waals surface area (Å²) in [5, 5.41) is 11.6. The second-order valence-corrected chi connectivity index (χ2v) is 4.67. The predicted molar refractivity (Wildman–Crippen MR) is 60.5 cm³/mol. The molecule has 0 aromatic heterocycles. The van der Waals surface area contributed by atoms with Crippen LogP contribution in [0.4, 0.5) is 0 Å². The molecule has 1 saturated carbocycles. The first-order valence-corrected chi connectivity index (χ1v) is 6.12. The van der Waals surface area contributed by atoms with Crippen LogP contribution in [0.5, 0.6) is 0 Å². The summed E-state index contributed by atoms with van der Waals surface area (Å²) in [5.41, 5.74) is 0. The van der Waals surface area contributed by atoms with E-state index in [1.54, 1.807) is 0 Å². The van der Waals surface area contributed by atoms with Gasteiger partial charge in [0.25, 0.3) is 0 Å². The zero-order valence-electron chi connectivity index (χ0n) is 9.67. The van der Waals surface area contributed by atoms with Crippen LogP contribution in [0.15, 0.2) is 0 Å². The lowest BCUT2D eigenvalue weighted by Gasteiger charge is -2.25. The molecule has 0 bridgehead atoms. The minimum absolute atomic E-state index is 0.173. The molecule has 0 heterocycles. The van der Waals surface area contributed by atoms with E-state index in [0.717, 1.165) is 25.2 Å². The molecule has 1 aliphatic rings. The van der Waals surface area contributed by atoms with Gasteiger partial charge < -0.3 is 10.4 Å². The fourth-order valence-corrected chi connectivity index (χ4v) is 1.93. The number of carbonyl (C=O) groups excluding carboxylic acids is 1. The molecule has 1 rings (SSSR count). The highest BCUT2D eigenvalue weighted by Gasteiger charge is 2.18. The fourth-order valence-electron chi connectivity index (χ4n) is 1.93. The smallest absolute Gasteiger partial charge is 0.220 e. The van der Waals surface area contributed by atoms with E-state index >= 15 is 0 Å². The molecule has 0 aliphatic heterocycles. The minimum atomic E-state index is 0.173. The Morgan fingerprint density at radius 3 is 2.80 bits per heavy atom. The van der Waals surface area contributed by atoms with Crippen LogP contribution in [0.1, 0.15) is 51.9 Å². The monoisotopic (exact) mass is 213 g/mol. The molecule has 2 N–H and O–H groups in total. The molecule has 15 heavy (non-hydrogen) atoms. The number of amides is 1. The van der Waals surface area contributed by atoms with Crippen LogP contribution in [0.3, 0.4) is 0 Å². The summed E-state index contributed by atoms with van der Waals surface area (Å²) in [5.74, 6) is 0.982. The van der Waals surface area contributed by atoms with Crippen LogP contribution < -0.4 is 5.32 Å². The van der Waals surface area contributed by atoms with E-state index in [9.17, 15) is 4.79 Å². The normalized spacial score (nSPS) is 18.3. The van der Waals surface area contributed by atoms with Crippen LogP contribution in [0.25, 0.3) is 0 Å². The first-order valence-electron chi connectivity index (χ1n) is 6.12. The summed E-state index contributed by atoms with van der Waals surface area (Å²) < 4.78 is 0. The van der Waals surface area contributed by atoms with Crippen molar-refractivity contribution in [1.82, 2.24) is 5.32 Å². The van der Waals surface area contributed by atoms with Crippen molar-refractivity contribution in [2.45, 2.75) is 57.9 Å². The van der Waals surface area contributed by atoms with Crippen LogP contribution in [0.2, 0.25) is 0 Å². The molecular formula is C12H23NO2. The van der Waals surface area contributed by atoms with Gasteiger partial charge in [0.05, 0.1) is 0 Å². The Hall–Kier alpha value is -0.570. The summed E-state index contributed by atoms with van der Waals surface area (Å²) in [7, 11) is 0. The third kappa shape index (κ3) is 5.17. The lowest BCUT2D eigenvalue weighted by atomic mass is 9.82. The largest absolute Gasteiger partial charge is 0.396 e. The highest BCUT2D eigenvalue weighted by Crippen LogP contribution is 2.30. The maximum absolute atomic E-state index is 11.5. The van der Waals surface area contributed by atoms with E-state index in [0.29, 0.717) is 6.42 Å². The Bertz CT molecular complexity index is 190. The summed E-state index contributed by atoms with van der Waals surface area (Å²) in [6.07, 6.45) is 7.34. The number of aliphatic hydroxyl groups is 1. The molecule has 1 atom stereocenters. The van der Waals surface area contributed by atoms with Gasteiger partial charge in [0.15, 0.2) is 0 Å². The van der Waals surface area contributed by atoms with Crippen LogP contribution in [-0.4, -0.2) is 23.7 Å². The lowest BCUT2D eigenvalue weighted by molar-refractivity contribution is -0.122. The second-order valence-electron chi connectivity index (χ2n) is 4.67. The zero-order valence-corrected chi connectivity index (χ0v) is 9.67. The van der Waals surface area contributed by atoms with Crippen molar-refractivity contribution >= 4 is 5.91 Å². The van der Waals surface area contributed by atoms with Gasteiger partial charge >= 0.3 is 0 Å². The average Bonchev–Trinajstić information content (AvgIpc) is 2.12. The third-order valence-electron chi connectivity index (χ3n) is 3.21. The van der Waals surface area contributed by atoms with E-state index < -0.39 is 0 Å². The predicted octanol–water partition coefficient (Wildman–Crippen LogP) is 1.84. The Labute approximate surface area is 92.3 Å². The maximum atomic E-state index is 11.5. The molecule has 1 fully saturated rings. The van der Waals surface area contributed by atoms with E-state index in [1.807, 2.05) is 6.92 Å². The van der Waals surface area contributed by atoms with Crippen molar-refractivity contribution in [3.05, 3.63) is 0 Å². The molecule has 3 heteroatoms. The summed E-state index contributed by atoms with van der Waals surface area (Å²) in [6, 6.07) is 0.200. The van der Waals surface area contributed by atoms with Crippen molar-refractivity contribution in [2.24, 2.45) is 5.92 Å². The summed E-state index contributed by atoms with van der Waals surface area (Å²) >= 11 is 0. The Kier molecular flexibility index (Phi) is 5.69. The van der Waals surface area contributed by atoms with E-state index in [4.69, 9.17) is 5.11 Å². The number of hydrogen-bond donors (Lipinski definition) is 2. The summed E-state index contributed by atoms with van der Waals surface area (Å²) in [6.45, 7) is 2.21. The number of nitrogens with one attached hydrogen (secondary N) is 1. The first-order chi connectivity index (χ1) is 7.22. The van der Waals surface area contributed by atoms with Gasteiger partial charge in [-0.3, -0.25) is 4.79 Å². The van der Waals surface area contributed by atoms with E-state index in [-0.39, 0.29) is 18.6 Å². The molecule has 0 aromatic carbocycles. The highest BCUT2D eigenvalue weighted by atomic mass is 16.2. The fraction of sp³-hybridized carbons (Fsp3) is 0.917. The lowest BCUT2D eigenvalue weighted by Crippen LogP contribution is -2.33. The Morgan fingerprint density at radius 2 is 2.27 bits per heavy atom. The van der Waals surface area contributed by atoms with Gasteiger partial charge in [-0.05, 0) is 32.1 Å². The first kappa shape index (κ1) is 12.5. The maximum Gasteiger partial charge on any atom is 0.220 e. The van der Waals surface area contributed by atoms with Gasteiger partial charge in [-0.1, -0.05) is 19.3 Å². The zero-order chi connectivity index (χ0) is 11.1. The van der Waals surface area contributed by atoms with E-state index in [2.05, 4.69) is 5.32 Å². The van der Waals surface area contributed by atoms with Gasteiger partial charge in [-0.25, -0.2) is 0 Å². The third-order valence-corrected chi connectivity index (χ3v) is 3.21. The number of hydrogen-bond acceptors (Lipinski definition) is 2. The van der Waals surface area contributed by atoms with Gasteiger partial charge in [-0.15, -0.1) is 0 Å². The quantitative estimate of drug-likeness (QED) is 0.678. The van der Waals surface area contributed by atoms with Crippen molar-refractivity contribution in [2.75, 3.05) is 6.61 Å². The topological polar surface area (TPSA) is 49.3 Å². The van der Waals surface area contributed by atoms with Gasteiger partial charge in [0.1, 0.15) is 0 Å². The standard InChI is InChI=1S/C12H23NO2/c1-10(4-3-9-14)13-12(15)8-7-11-5-2-6-11/h10-11,14H,2-9H2,1H3,(H,13,15). The van der Waals surface area contributed by atoms with Crippen molar-refractivity contribution in [3.8, 4) is 0 Å². The highest BCUT2D eigenvalue weighted by molar-refractivity contribution is 5.76. The average molecular weight is 213 g/mol. The molecule has 0 spiro atoms. The van der Waals surface area contributed by atoms with Crippen LogP contribution in [0, 0.1) is 5.92 Å². The number of carbonyl (C=O) groups is 1. The SMILES string of the molecule is CC(CCCO)NC(=O)CCC1CCC1. The Morgan fingerprint density at radius 1 is 1.53 bits per heavy atom. The van der Waals surface area contributed by atoms with Crippen molar-refractivity contribution in [3.63, 3.8) is 0 Å². The molecule has 0 aromatic rings. The van der Waals surface area contributed by atoms with E-state index in [1.165, 1.54) is 19.3 Å². The molecule has 0 radical (unpaired) electrons. The van der Waals surface area contributed by atoms with Gasteiger partial charge in [0, 0.05) is 19.1 Å². The molecule has 1 aliphatic carbocycles. The molecular weight excluding hydrogens is 190 g/mol. The van der Waals surface area contributed by atoms with Crippen LogP contribution >= 0.6 is 0 Å². The summed E-state index contributed by atoms with van der Waals surface area (Å²) in [4.78, 5) is 11.5. The van der Waals surface area contributed by atoms with Gasteiger partial charge in [0.2, 0.25) is 5.91 Å². The number of aliphatic hydroxyl groups excluding tert-OH is 1. The van der Waals surface area contributed by atoms with Crippen LogP contribution in [-0.2, 0) is 4.79 Å². The van der Waals surface area contributed by atoms with Crippen molar-refractivity contribution in [1.29, 1.82) is 0 Å². The molecule has 88 valence electrons. The molecule has 0 saturated heterocycles. The Balaban J connectivity index is 2.00. The molecule has 3 nitrogen and oxygen atoms in total. The molecule has 1 unspecified atom stereocenters. The van der Waals surface area contributed by atoms with Gasteiger partial charge in [-0.2, -0.15) is 0 Å². The van der Waals surface area contributed by atoms with Crippen molar-refractivity contribution < 1.29 is 9.90 Å². The number of rotatable bonds is 7. The second kappa shape index (κ2) is 6.83. The molecule has 1 amide bonds. The minimum Gasteiger partial charge on any atom is -0.396 e.